The molecule has 1 saturated heterocycles. The lowest BCUT2D eigenvalue weighted by atomic mass is 9.87. The molecule has 0 N–H and O–H groups in total. The molecule has 2 amide bonds. The van der Waals surface area contributed by atoms with Crippen LogP contribution in [0.15, 0.2) is 41.1 Å². The first-order valence-corrected chi connectivity index (χ1v) is 14.2. The zero-order chi connectivity index (χ0) is 25.4. The van der Waals surface area contributed by atoms with Crippen LogP contribution in [0.5, 0.6) is 0 Å². The van der Waals surface area contributed by atoms with Crippen molar-refractivity contribution >= 4 is 40.7 Å². The molecule has 1 aromatic carbocycles. The summed E-state index contributed by atoms with van der Waals surface area (Å²) in [5.74, 6) is 0.861. The number of rotatable bonds is 4. The molecular weight excluding hydrogens is 492 g/mol. The van der Waals surface area contributed by atoms with E-state index in [1.165, 1.54) is 0 Å². The van der Waals surface area contributed by atoms with E-state index >= 15 is 0 Å². The molecule has 1 fully saturated rings. The molecule has 36 heavy (non-hydrogen) atoms. The molecule has 0 bridgehead atoms. The van der Waals surface area contributed by atoms with Crippen LogP contribution in [-0.2, 0) is 19.7 Å². The summed E-state index contributed by atoms with van der Waals surface area (Å²) in [5, 5.41) is 9.31. The number of fused-ring (bicyclic) bond motifs is 1. The van der Waals surface area contributed by atoms with Gasteiger partial charge >= 0.3 is 0 Å². The van der Waals surface area contributed by atoms with Gasteiger partial charge in [-0.2, -0.15) is 16.4 Å². The van der Waals surface area contributed by atoms with Crippen LogP contribution in [0.25, 0.3) is 5.69 Å². The average molecular weight is 525 g/mol. The predicted molar refractivity (Wildman–Crippen MR) is 145 cm³/mol. The van der Waals surface area contributed by atoms with Gasteiger partial charge in [0.2, 0.25) is 11.8 Å². The number of carbonyl (C=O) groups is 2. The molecule has 3 aromatic rings. The SMILES string of the molecule is Cc1ccc(-n2nc(C(C)(C)C)c3c2N(CC(=O)N2CCOCC2)C(=O)CSC3c2ccsc2)cc1. The van der Waals surface area contributed by atoms with Crippen molar-refractivity contribution in [2.24, 2.45) is 0 Å². The standard InChI is InChI=1S/C27H32N4O3S2/c1-18-5-7-20(8-6-18)31-26-23(25(28-31)27(2,3)4)24(19-9-14-35-16-19)36-17-22(33)30(26)15-21(32)29-10-12-34-13-11-29/h5-9,14,16,24H,10-13,15,17H2,1-4H3. The highest BCUT2D eigenvalue weighted by Gasteiger charge is 2.40. The van der Waals surface area contributed by atoms with E-state index in [1.54, 1.807) is 32.9 Å². The first-order valence-electron chi connectivity index (χ1n) is 12.2. The molecule has 0 spiro atoms. The van der Waals surface area contributed by atoms with Gasteiger partial charge in [0.05, 0.1) is 35.6 Å². The topological polar surface area (TPSA) is 67.7 Å². The lowest BCUT2D eigenvalue weighted by Gasteiger charge is -2.30. The van der Waals surface area contributed by atoms with Gasteiger partial charge in [-0.1, -0.05) is 38.5 Å². The summed E-state index contributed by atoms with van der Waals surface area (Å²) in [4.78, 5) is 30.5. The van der Waals surface area contributed by atoms with Crippen LogP contribution in [0.3, 0.4) is 0 Å². The van der Waals surface area contributed by atoms with Crippen LogP contribution in [0.2, 0.25) is 0 Å². The summed E-state index contributed by atoms with van der Waals surface area (Å²) >= 11 is 3.27. The molecule has 1 unspecified atom stereocenters. The number of carbonyl (C=O) groups excluding carboxylic acids is 2. The number of ether oxygens (including phenoxy) is 1. The quantitative estimate of drug-likeness (QED) is 0.500. The van der Waals surface area contributed by atoms with Crippen molar-refractivity contribution in [1.29, 1.82) is 0 Å². The second-order valence-electron chi connectivity index (χ2n) is 10.3. The molecule has 7 nitrogen and oxygen atoms in total. The summed E-state index contributed by atoms with van der Waals surface area (Å²) in [6, 6.07) is 10.3. The molecule has 2 aliphatic rings. The van der Waals surface area contributed by atoms with Crippen molar-refractivity contribution in [1.82, 2.24) is 14.7 Å². The lowest BCUT2D eigenvalue weighted by molar-refractivity contribution is -0.134. The van der Waals surface area contributed by atoms with E-state index in [0.717, 1.165) is 28.1 Å². The Morgan fingerprint density at radius 3 is 2.50 bits per heavy atom. The fourth-order valence-corrected chi connectivity index (χ4v) is 6.63. The van der Waals surface area contributed by atoms with Crippen molar-refractivity contribution in [3.8, 4) is 5.69 Å². The van der Waals surface area contributed by atoms with Crippen LogP contribution in [0, 0.1) is 6.92 Å². The third kappa shape index (κ3) is 4.84. The average Bonchev–Trinajstić information content (AvgIpc) is 3.50. The van der Waals surface area contributed by atoms with E-state index in [2.05, 4.69) is 37.6 Å². The first kappa shape index (κ1) is 25.0. The molecule has 2 aliphatic heterocycles. The van der Waals surface area contributed by atoms with Crippen molar-refractivity contribution in [3.63, 3.8) is 0 Å². The molecule has 1 atom stereocenters. The van der Waals surface area contributed by atoms with Crippen LogP contribution in [0.1, 0.15) is 48.4 Å². The van der Waals surface area contributed by atoms with E-state index in [4.69, 9.17) is 9.84 Å². The molecule has 4 heterocycles. The summed E-state index contributed by atoms with van der Waals surface area (Å²) in [7, 11) is 0. The number of morpholine rings is 1. The Labute approximate surface area is 220 Å². The lowest BCUT2D eigenvalue weighted by Crippen LogP contribution is -2.48. The van der Waals surface area contributed by atoms with E-state index in [-0.39, 0.29) is 29.0 Å². The van der Waals surface area contributed by atoms with E-state index in [9.17, 15) is 9.59 Å². The number of amides is 2. The van der Waals surface area contributed by atoms with Crippen molar-refractivity contribution in [2.45, 2.75) is 38.4 Å². The van der Waals surface area contributed by atoms with Gasteiger partial charge in [0.15, 0.2) is 0 Å². The van der Waals surface area contributed by atoms with Crippen LogP contribution < -0.4 is 4.90 Å². The Bertz CT molecular complexity index is 1240. The molecule has 0 saturated carbocycles. The van der Waals surface area contributed by atoms with Crippen molar-refractivity contribution < 1.29 is 14.3 Å². The molecule has 0 aliphatic carbocycles. The van der Waals surface area contributed by atoms with Gasteiger partial charge in [-0.3, -0.25) is 14.5 Å². The van der Waals surface area contributed by atoms with E-state index in [0.29, 0.717) is 37.9 Å². The van der Waals surface area contributed by atoms with Crippen molar-refractivity contribution in [2.75, 3.05) is 43.5 Å². The fraction of sp³-hybridized carbons (Fsp3) is 0.444. The highest BCUT2D eigenvalue weighted by molar-refractivity contribution is 8.00. The Morgan fingerprint density at radius 1 is 1.14 bits per heavy atom. The number of hydrogen-bond acceptors (Lipinski definition) is 6. The summed E-state index contributed by atoms with van der Waals surface area (Å²) in [6.45, 7) is 10.6. The number of anilines is 1. The summed E-state index contributed by atoms with van der Waals surface area (Å²) in [6.07, 6.45) is 0. The predicted octanol–water partition coefficient (Wildman–Crippen LogP) is 4.57. The van der Waals surface area contributed by atoms with Gasteiger partial charge in [-0.25, -0.2) is 4.68 Å². The van der Waals surface area contributed by atoms with Crippen LogP contribution >= 0.6 is 23.1 Å². The number of hydrogen-bond donors (Lipinski definition) is 0. The van der Waals surface area contributed by atoms with Gasteiger partial charge in [-0.15, -0.1) is 11.8 Å². The molecule has 5 rings (SSSR count). The maximum absolute atomic E-state index is 13.7. The molecule has 2 aromatic heterocycles. The van der Waals surface area contributed by atoms with Crippen molar-refractivity contribution in [3.05, 3.63) is 63.5 Å². The largest absolute Gasteiger partial charge is 0.378 e. The minimum Gasteiger partial charge on any atom is -0.378 e. The van der Waals surface area contributed by atoms with Gasteiger partial charge in [-0.05, 0) is 41.4 Å². The van der Waals surface area contributed by atoms with Crippen LogP contribution in [0.4, 0.5) is 5.82 Å². The van der Waals surface area contributed by atoms with Gasteiger partial charge in [0.25, 0.3) is 0 Å². The highest BCUT2D eigenvalue weighted by Crippen LogP contribution is 2.48. The third-order valence-corrected chi connectivity index (χ3v) is 8.54. The number of thiophene rings is 1. The smallest absolute Gasteiger partial charge is 0.242 e. The Balaban J connectivity index is 1.70. The Hall–Kier alpha value is -2.62. The zero-order valence-corrected chi connectivity index (χ0v) is 22.8. The first-order chi connectivity index (χ1) is 17.2. The zero-order valence-electron chi connectivity index (χ0n) is 21.2. The van der Waals surface area contributed by atoms with Crippen LogP contribution in [-0.4, -0.2) is 65.1 Å². The normalized spacial score (nSPS) is 18.8. The Morgan fingerprint density at radius 2 is 1.86 bits per heavy atom. The number of aryl methyl sites for hydroxylation is 1. The molecular formula is C27H32N4O3S2. The third-order valence-electron chi connectivity index (χ3n) is 6.58. The number of thioether (sulfide) groups is 1. The molecule has 0 radical (unpaired) electrons. The van der Waals surface area contributed by atoms with Gasteiger partial charge in [0.1, 0.15) is 12.4 Å². The second kappa shape index (κ2) is 10.0. The summed E-state index contributed by atoms with van der Waals surface area (Å²) < 4.78 is 7.31. The Kier molecular flexibility index (Phi) is 6.98. The maximum atomic E-state index is 13.7. The molecule has 190 valence electrons. The number of benzene rings is 1. The fourth-order valence-electron chi connectivity index (χ4n) is 4.67. The van der Waals surface area contributed by atoms with E-state index in [1.807, 2.05) is 35.9 Å². The summed E-state index contributed by atoms with van der Waals surface area (Å²) in [5.41, 5.74) is 4.89. The van der Waals surface area contributed by atoms with Gasteiger partial charge < -0.3 is 9.64 Å². The van der Waals surface area contributed by atoms with Gasteiger partial charge in [0, 0.05) is 24.1 Å². The van der Waals surface area contributed by atoms with E-state index < -0.39 is 0 Å². The molecule has 9 heteroatoms. The number of aromatic nitrogens is 2. The maximum Gasteiger partial charge on any atom is 0.242 e. The monoisotopic (exact) mass is 524 g/mol. The minimum absolute atomic E-state index is 0.0100. The minimum atomic E-state index is -0.262. The highest BCUT2D eigenvalue weighted by atomic mass is 32.2. The second-order valence-corrected chi connectivity index (χ2v) is 12.2. The number of nitrogens with zero attached hydrogens (tertiary/aromatic N) is 4.